The van der Waals surface area contributed by atoms with Gasteiger partial charge in [0.15, 0.2) is 0 Å². The normalized spacial score (nSPS) is 16.0. The van der Waals surface area contributed by atoms with Crippen LogP contribution in [0.2, 0.25) is 10.0 Å². The predicted molar refractivity (Wildman–Crippen MR) is 104 cm³/mol. The molecule has 2 aromatic rings. The Balaban J connectivity index is 1.52. The van der Waals surface area contributed by atoms with Crippen LogP contribution in [0.15, 0.2) is 42.5 Å². The van der Waals surface area contributed by atoms with Gasteiger partial charge >= 0.3 is 0 Å². The van der Waals surface area contributed by atoms with Gasteiger partial charge in [-0.2, -0.15) is 0 Å². The molecule has 0 radical (unpaired) electrons. The van der Waals surface area contributed by atoms with E-state index in [0.717, 1.165) is 32.5 Å². The van der Waals surface area contributed by atoms with E-state index in [1.807, 2.05) is 0 Å². The molecule has 0 atom stereocenters. The second kappa shape index (κ2) is 8.22. The highest BCUT2D eigenvalue weighted by atomic mass is 35.5. The summed E-state index contributed by atoms with van der Waals surface area (Å²) >= 11 is 12.0. The summed E-state index contributed by atoms with van der Waals surface area (Å²) in [6, 6.07) is 13.7. The molecule has 1 saturated heterocycles. The molecule has 0 aromatic heterocycles. The van der Waals surface area contributed by atoms with E-state index >= 15 is 0 Å². The van der Waals surface area contributed by atoms with Gasteiger partial charge in [0.1, 0.15) is 0 Å². The minimum Gasteiger partial charge on any atom is -0.326 e. The number of aryl methyl sites for hydroxylation is 1. The first kappa shape index (κ1) is 18.2. The first-order valence-corrected chi connectivity index (χ1v) is 9.30. The molecule has 1 aliphatic heterocycles. The largest absolute Gasteiger partial charge is 0.326 e. The van der Waals surface area contributed by atoms with Crippen molar-refractivity contribution in [2.24, 2.45) is 5.92 Å². The lowest BCUT2D eigenvalue weighted by Crippen LogP contribution is -2.37. The van der Waals surface area contributed by atoms with Crippen molar-refractivity contribution in [2.75, 3.05) is 18.4 Å². The van der Waals surface area contributed by atoms with Crippen LogP contribution in [0, 0.1) is 12.8 Å². The number of likely N-dealkylation sites (tertiary alicyclic amines) is 1. The van der Waals surface area contributed by atoms with Crippen molar-refractivity contribution in [3.8, 4) is 0 Å². The average Bonchev–Trinajstić information content (AvgIpc) is 2.54. The van der Waals surface area contributed by atoms with Gasteiger partial charge in [-0.05, 0) is 56.6 Å². The lowest BCUT2D eigenvalue weighted by molar-refractivity contribution is -0.121. The Kier molecular flexibility index (Phi) is 6.00. The lowest BCUT2D eigenvalue weighted by Gasteiger charge is -2.31. The zero-order valence-corrected chi connectivity index (χ0v) is 15.8. The molecule has 3 nitrogen and oxygen atoms in total. The van der Waals surface area contributed by atoms with Crippen LogP contribution in [0.5, 0.6) is 0 Å². The van der Waals surface area contributed by atoms with E-state index in [-0.39, 0.29) is 11.8 Å². The molecule has 2 aromatic carbocycles. The maximum absolute atomic E-state index is 12.5. The van der Waals surface area contributed by atoms with Crippen LogP contribution in [0.25, 0.3) is 0 Å². The molecule has 25 heavy (non-hydrogen) atoms. The fourth-order valence-electron chi connectivity index (χ4n) is 3.29. The van der Waals surface area contributed by atoms with Crippen molar-refractivity contribution in [2.45, 2.75) is 26.3 Å². The first-order chi connectivity index (χ1) is 12.0. The second-order valence-electron chi connectivity index (χ2n) is 6.69. The van der Waals surface area contributed by atoms with Crippen LogP contribution in [0.4, 0.5) is 5.69 Å². The number of amides is 1. The van der Waals surface area contributed by atoms with E-state index in [2.05, 4.69) is 41.4 Å². The van der Waals surface area contributed by atoms with Crippen LogP contribution < -0.4 is 5.32 Å². The Morgan fingerprint density at radius 1 is 1.12 bits per heavy atom. The molecule has 0 spiro atoms. The second-order valence-corrected chi connectivity index (χ2v) is 7.56. The number of carbonyl (C=O) groups excluding carboxylic acids is 1. The minimum atomic E-state index is 0.0338. The van der Waals surface area contributed by atoms with E-state index in [4.69, 9.17) is 23.2 Å². The number of carbonyl (C=O) groups is 1. The van der Waals surface area contributed by atoms with Crippen LogP contribution >= 0.6 is 23.2 Å². The first-order valence-electron chi connectivity index (χ1n) is 8.54. The summed E-state index contributed by atoms with van der Waals surface area (Å²) in [5.74, 6) is 0.0834. The van der Waals surface area contributed by atoms with Crippen molar-refractivity contribution >= 4 is 34.8 Å². The van der Waals surface area contributed by atoms with Gasteiger partial charge in [-0.1, -0.05) is 53.0 Å². The highest BCUT2D eigenvalue weighted by Crippen LogP contribution is 2.25. The third-order valence-electron chi connectivity index (χ3n) is 4.58. The molecular formula is C20H22Cl2N2O. The molecule has 0 aliphatic carbocycles. The number of nitrogens with one attached hydrogen (secondary N) is 1. The zero-order valence-electron chi connectivity index (χ0n) is 14.3. The number of nitrogens with zero attached hydrogens (tertiary/aromatic N) is 1. The van der Waals surface area contributed by atoms with Crippen molar-refractivity contribution < 1.29 is 4.79 Å². The molecule has 1 amide bonds. The van der Waals surface area contributed by atoms with Crippen molar-refractivity contribution in [3.63, 3.8) is 0 Å². The zero-order chi connectivity index (χ0) is 17.8. The molecular weight excluding hydrogens is 355 g/mol. The Morgan fingerprint density at radius 2 is 1.80 bits per heavy atom. The number of hydrogen-bond acceptors (Lipinski definition) is 2. The van der Waals surface area contributed by atoms with Crippen LogP contribution in [-0.4, -0.2) is 23.9 Å². The van der Waals surface area contributed by atoms with Gasteiger partial charge in [0.2, 0.25) is 5.91 Å². The summed E-state index contributed by atoms with van der Waals surface area (Å²) in [7, 11) is 0. The Morgan fingerprint density at radius 3 is 2.44 bits per heavy atom. The third kappa shape index (κ3) is 5.21. The predicted octanol–water partition coefficient (Wildman–Crippen LogP) is 5.15. The molecule has 1 aliphatic rings. The molecule has 1 fully saturated rings. The average molecular weight is 377 g/mol. The molecule has 0 unspecified atom stereocenters. The molecule has 5 heteroatoms. The summed E-state index contributed by atoms with van der Waals surface area (Å²) in [5, 5.41) is 3.99. The van der Waals surface area contributed by atoms with E-state index < -0.39 is 0 Å². The Hall–Kier alpha value is -1.55. The van der Waals surface area contributed by atoms with Gasteiger partial charge in [-0.3, -0.25) is 9.69 Å². The summed E-state index contributed by atoms with van der Waals surface area (Å²) in [6.45, 7) is 4.92. The fraction of sp³-hybridized carbons (Fsp3) is 0.350. The summed E-state index contributed by atoms with van der Waals surface area (Å²) < 4.78 is 0. The van der Waals surface area contributed by atoms with Crippen molar-refractivity contribution in [1.29, 1.82) is 0 Å². The highest BCUT2D eigenvalue weighted by molar-refractivity contribution is 6.35. The van der Waals surface area contributed by atoms with E-state index in [1.165, 1.54) is 11.1 Å². The molecule has 0 saturated carbocycles. The third-order valence-corrected chi connectivity index (χ3v) is 5.01. The topological polar surface area (TPSA) is 32.3 Å². The number of anilines is 1. The SMILES string of the molecule is Cc1cccc(CN2CCC(C(=O)Nc3cc(Cl)cc(Cl)c3)CC2)c1. The minimum absolute atomic E-state index is 0.0338. The number of halogens is 2. The van der Waals surface area contributed by atoms with Crippen LogP contribution in [0.3, 0.4) is 0 Å². The lowest BCUT2D eigenvalue weighted by atomic mass is 9.95. The van der Waals surface area contributed by atoms with Crippen molar-refractivity contribution in [3.05, 3.63) is 63.6 Å². The van der Waals surface area contributed by atoms with Gasteiger partial charge in [-0.15, -0.1) is 0 Å². The Bertz CT molecular complexity index is 735. The number of hydrogen-bond donors (Lipinski definition) is 1. The highest BCUT2D eigenvalue weighted by Gasteiger charge is 2.25. The van der Waals surface area contributed by atoms with E-state index in [1.54, 1.807) is 18.2 Å². The van der Waals surface area contributed by atoms with Gasteiger partial charge in [0.05, 0.1) is 0 Å². The molecule has 3 rings (SSSR count). The molecule has 132 valence electrons. The number of rotatable bonds is 4. The van der Waals surface area contributed by atoms with Crippen LogP contribution in [-0.2, 0) is 11.3 Å². The fourth-order valence-corrected chi connectivity index (χ4v) is 3.82. The summed E-state index contributed by atoms with van der Waals surface area (Å²) in [5.41, 5.74) is 3.27. The van der Waals surface area contributed by atoms with Crippen molar-refractivity contribution in [1.82, 2.24) is 4.90 Å². The van der Waals surface area contributed by atoms with Gasteiger partial charge in [0.25, 0.3) is 0 Å². The Labute approximate surface area is 158 Å². The molecule has 0 bridgehead atoms. The number of benzene rings is 2. The molecule has 1 heterocycles. The van der Waals surface area contributed by atoms with Gasteiger partial charge in [-0.25, -0.2) is 0 Å². The van der Waals surface area contributed by atoms with Gasteiger partial charge < -0.3 is 5.32 Å². The standard InChI is InChI=1S/C20H22Cl2N2O/c1-14-3-2-4-15(9-14)13-24-7-5-16(6-8-24)20(25)23-19-11-17(21)10-18(22)12-19/h2-4,9-12,16H,5-8,13H2,1H3,(H,23,25). The van der Waals surface area contributed by atoms with Crippen LogP contribution in [0.1, 0.15) is 24.0 Å². The van der Waals surface area contributed by atoms with Gasteiger partial charge in [0, 0.05) is 28.2 Å². The maximum atomic E-state index is 12.5. The summed E-state index contributed by atoms with van der Waals surface area (Å²) in [6.07, 6.45) is 1.73. The van der Waals surface area contributed by atoms with E-state index in [9.17, 15) is 4.79 Å². The molecule has 1 N–H and O–H groups in total. The summed E-state index contributed by atoms with van der Waals surface area (Å²) in [4.78, 5) is 14.9. The number of piperidine rings is 1. The smallest absolute Gasteiger partial charge is 0.227 e. The quantitative estimate of drug-likeness (QED) is 0.799. The monoisotopic (exact) mass is 376 g/mol. The van der Waals surface area contributed by atoms with E-state index in [0.29, 0.717) is 15.7 Å². The maximum Gasteiger partial charge on any atom is 0.227 e.